The Morgan fingerprint density at radius 3 is 3.00 bits per heavy atom. The molecule has 0 aromatic carbocycles. The van der Waals surface area contributed by atoms with Gasteiger partial charge in [-0.25, -0.2) is 0 Å². The third kappa shape index (κ3) is 2.29. The van der Waals surface area contributed by atoms with Crippen molar-refractivity contribution < 1.29 is 9.59 Å². The maximum absolute atomic E-state index is 12.3. The van der Waals surface area contributed by atoms with Gasteiger partial charge in [0, 0.05) is 13.6 Å². The summed E-state index contributed by atoms with van der Waals surface area (Å²) in [4.78, 5) is 23.4. The Bertz CT molecular complexity index is 319. The molecule has 0 spiro atoms. The molecule has 0 aromatic rings. The molecule has 2 rings (SSSR count). The van der Waals surface area contributed by atoms with Crippen LogP contribution in [-0.4, -0.2) is 38.5 Å². The quantitative estimate of drug-likeness (QED) is 0.629. The number of carbonyl (C=O) groups excluding carboxylic acids is 2. The lowest BCUT2D eigenvalue weighted by molar-refractivity contribution is -0.135. The first-order valence-electron chi connectivity index (χ1n) is 6.38. The number of likely N-dealkylation sites (N-methyl/N-ethyl adjacent to an activating group) is 1. The van der Waals surface area contributed by atoms with Gasteiger partial charge in [0.25, 0.3) is 0 Å². The summed E-state index contributed by atoms with van der Waals surface area (Å²) in [6.07, 6.45) is 4.41. The highest BCUT2D eigenvalue weighted by Gasteiger charge is 2.49. The molecule has 1 aliphatic heterocycles. The fourth-order valence-corrected chi connectivity index (χ4v) is 3.12. The van der Waals surface area contributed by atoms with Gasteiger partial charge < -0.3 is 16.0 Å². The van der Waals surface area contributed by atoms with E-state index in [1.54, 1.807) is 7.05 Å². The zero-order chi connectivity index (χ0) is 12.3. The minimum atomic E-state index is -0.258. The second kappa shape index (κ2) is 5.04. The van der Waals surface area contributed by atoms with Crippen LogP contribution in [0.3, 0.4) is 0 Å². The number of nitrogens with one attached hydrogen (secondary N) is 3. The Labute approximate surface area is 102 Å². The monoisotopic (exact) mass is 239 g/mol. The second-order valence-corrected chi connectivity index (χ2v) is 5.09. The summed E-state index contributed by atoms with van der Waals surface area (Å²) in [6.45, 7) is 1.79. The number of amides is 2. The summed E-state index contributed by atoms with van der Waals surface area (Å²) in [6, 6.07) is 0. The first-order valence-corrected chi connectivity index (χ1v) is 6.38. The standard InChI is InChI=1S/C12H21N3O2/c1-13-10(16)7-15-11(17)12-5-3-2-4-9(12)6-14-8-12/h9,14H,2-8H2,1H3,(H,13,16)(H,15,17)/t9-,12+/m0/s1. The van der Waals surface area contributed by atoms with E-state index in [1.165, 1.54) is 6.42 Å². The van der Waals surface area contributed by atoms with Crippen molar-refractivity contribution in [3.63, 3.8) is 0 Å². The minimum absolute atomic E-state index is 0.0517. The van der Waals surface area contributed by atoms with E-state index < -0.39 is 0 Å². The number of hydrogen-bond donors (Lipinski definition) is 3. The summed E-state index contributed by atoms with van der Waals surface area (Å²) in [5.41, 5.74) is -0.258. The van der Waals surface area contributed by atoms with Gasteiger partial charge in [-0.2, -0.15) is 0 Å². The van der Waals surface area contributed by atoms with Crippen molar-refractivity contribution in [3.05, 3.63) is 0 Å². The second-order valence-electron chi connectivity index (χ2n) is 5.09. The molecule has 5 heteroatoms. The molecule has 96 valence electrons. The van der Waals surface area contributed by atoms with Gasteiger partial charge in [-0.15, -0.1) is 0 Å². The van der Waals surface area contributed by atoms with E-state index in [-0.39, 0.29) is 23.8 Å². The molecule has 2 atom stereocenters. The van der Waals surface area contributed by atoms with Crippen molar-refractivity contribution >= 4 is 11.8 Å². The van der Waals surface area contributed by atoms with Crippen molar-refractivity contribution in [2.45, 2.75) is 25.7 Å². The molecule has 1 heterocycles. The fraction of sp³-hybridized carbons (Fsp3) is 0.833. The molecular formula is C12H21N3O2. The molecule has 1 aliphatic carbocycles. The van der Waals surface area contributed by atoms with Crippen molar-refractivity contribution in [2.24, 2.45) is 11.3 Å². The highest BCUT2D eigenvalue weighted by molar-refractivity contribution is 5.88. The van der Waals surface area contributed by atoms with Crippen LogP contribution in [-0.2, 0) is 9.59 Å². The Morgan fingerprint density at radius 1 is 1.41 bits per heavy atom. The highest BCUT2D eigenvalue weighted by atomic mass is 16.2. The summed E-state index contributed by atoms with van der Waals surface area (Å²) in [7, 11) is 1.58. The predicted octanol–water partition coefficient (Wildman–Crippen LogP) is -0.372. The van der Waals surface area contributed by atoms with Gasteiger partial charge >= 0.3 is 0 Å². The third-order valence-electron chi connectivity index (χ3n) is 4.18. The molecule has 0 unspecified atom stereocenters. The lowest BCUT2D eigenvalue weighted by atomic mass is 9.67. The fourth-order valence-electron chi connectivity index (χ4n) is 3.12. The minimum Gasteiger partial charge on any atom is -0.358 e. The van der Waals surface area contributed by atoms with Gasteiger partial charge in [-0.05, 0) is 25.3 Å². The molecule has 2 fully saturated rings. The van der Waals surface area contributed by atoms with E-state index in [2.05, 4.69) is 16.0 Å². The van der Waals surface area contributed by atoms with E-state index in [1.807, 2.05) is 0 Å². The molecule has 1 saturated heterocycles. The van der Waals surface area contributed by atoms with Crippen LogP contribution in [0.25, 0.3) is 0 Å². The van der Waals surface area contributed by atoms with E-state index in [9.17, 15) is 9.59 Å². The van der Waals surface area contributed by atoms with Crippen molar-refractivity contribution in [1.82, 2.24) is 16.0 Å². The summed E-state index contributed by atoms with van der Waals surface area (Å²) >= 11 is 0. The van der Waals surface area contributed by atoms with E-state index in [4.69, 9.17) is 0 Å². The number of rotatable bonds is 3. The topological polar surface area (TPSA) is 70.2 Å². The van der Waals surface area contributed by atoms with Gasteiger partial charge in [0.2, 0.25) is 11.8 Å². The SMILES string of the molecule is CNC(=O)CNC(=O)[C@@]12CCCC[C@H]1CNC2. The normalized spacial score (nSPS) is 31.7. The van der Waals surface area contributed by atoms with Crippen LogP contribution in [0, 0.1) is 11.3 Å². The average molecular weight is 239 g/mol. The van der Waals surface area contributed by atoms with Crippen LogP contribution < -0.4 is 16.0 Å². The molecule has 1 saturated carbocycles. The van der Waals surface area contributed by atoms with E-state index in [0.29, 0.717) is 5.92 Å². The smallest absolute Gasteiger partial charge is 0.239 e. The Hall–Kier alpha value is -1.10. The number of hydrogen-bond acceptors (Lipinski definition) is 3. The zero-order valence-corrected chi connectivity index (χ0v) is 10.3. The molecular weight excluding hydrogens is 218 g/mol. The Morgan fingerprint density at radius 2 is 2.24 bits per heavy atom. The van der Waals surface area contributed by atoms with Gasteiger partial charge in [0.15, 0.2) is 0 Å². The van der Waals surface area contributed by atoms with Crippen LogP contribution in [0.15, 0.2) is 0 Å². The first kappa shape index (κ1) is 12.4. The molecule has 0 radical (unpaired) electrons. The van der Waals surface area contributed by atoms with Crippen LogP contribution in [0.1, 0.15) is 25.7 Å². The Balaban J connectivity index is 1.98. The molecule has 0 bridgehead atoms. The lowest BCUT2D eigenvalue weighted by Crippen LogP contribution is -2.49. The van der Waals surface area contributed by atoms with E-state index >= 15 is 0 Å². The summed E-state index contributed by atoms with van der Waals surface area (Å²) in [5.74, 6) is 0.352. The number of fused-ring (bicyclic) bond motifs is 1. The highest BCUT2D eigenvalue weighted by Crippen LogP contribution is 2.43. The van der Waals surface area contributed by atoms with Gasteiger partial charge in [-0.3, -0.25) is 9.59 Å². The van der Waals surface area contributed by atoms with Gasteiger partial charge in [0.1, 0.15) is 0 Å². The largest absolute Gasteiger partial charge is 0.358 e. The molecule has 17 heavy (non-hydrogen) atoms. The van der Waals surface area contributed by atoms with Crippen molar-refractivity contribution in [1.29, 1.82) is 0 Å². The molecule has 0 aromatic heterocycles. The predicted molar refractivity (Wildman–Crippen MR) is 64.3 cm³/mol. The average Bonchev–Trinajstić information content (AvgIpc) is 2.80. The van der Waals surface area contributed by atoms with Crippen LogP contribution in [0.4, 0.5) is 0 Å². The molecule has 2 aliphatic rings. The maximum atomic E-state index is 12.3. The molecule has 3 N–H and O–H groups in total. The third-order valence-corrected chi connectivity index (χ3v) is 4.18. The first-order chi connectivity index (χ1) is 8.19. The van der Waals surface area contributed by atoms with Gasteiger partial charge in [0.05, 0.1) is 12.0 Å². The zero-order valence-electron chi connectivity index (χ0n) is 10.3. The van der Waals surface area contributed by atoms with Crippen LogP contribution >= 0.6 is 0 Å². The Kier molecular flexibility index (Phi) is 3.66. The molecule has 5 nitrogen and oxygen atoms in total. The number of carbonyl (C=O) groups is 2. The van der Waals surface area contributed by atoms with Crippen LogP contribution in [0.5, 0.6) is 0 Å². The molecule has 2 amide bonds. The van der Waals surface area contributed by atoms with Crippen molar-refractivity contribution in [3.8, 4) is 0 Å². The van der Waals surface area contributed by atoms with Crippen LogP contribution in [0.2, 0.25) is 0 Å². The lowest BCUT2D eigenvalue weighted by Gasteiger charge is -2.37. The van der Waals surface area contributed by atoms with E-state index in [0.717, 1.165) is 32.4 Å². The summed E-state index contributed by atoms with van der Waals surface area (Å²) in [5, 5.41) is 8.61. The van der Waals surface area contributed by atoms with Crippen molar-refractivity contribution in [2.75, 3.05) is 26.7 Å². The maximum Gasteiger partial charge on any atom is 0.239 e. The van der Waals surface area contributed by atoms with Gasteiger partial charge in [-0.1, -0.05) is 12.8 Å². The summed E-state index contributed by atoms with van der Waals surface area (Å²) < 4.78 is 0.